The van der Waals surface area contributed by atoms with Gasteiger partial charge in [-0.15, -0.1) is 0 Å². The summed E-state index contributed by atoms with van der Waals surface area (Å²) in [4.78, 5) is 4.08. The fourth-order valence-electron chi connectivity index (χ4n) is 1.42. The van der Waals surface area contributed by atoms with Gasteiger partial charge in [0.15, 0.2) is 5.89 Å². The zero-order valence-corrected chi connectivity index (χ0v) is 13.3. The highest BCUT2D eigenvalue weighted by Crippen LogP contribution is 2.07. The van der Waals surface area contributed by atoms with E-state index in [0.717, 1.165) is 6.04 Å². The van der Waals surface area contributed by atoms with Gasteiger partial charge >= 0.3 is 0 Å². The lowest BCUT2D eigenvalue weighted by atomic mass is 10.4. The molecule has 0 aliphatic heterocycles. The van der Waals surface area contributed by atoms with Gasteiger partial charge < -0.3 is 4.42 Å². The SMILES string of the molecule is Cc1nc(CCS(=O)(=O)NCC[Si](C)(C)C)co1. The Hall–Kier alpha value is -0.663. The van der Waals surface area contributed by atoms with E-state index in [9.17, 15) is 8.42 Å². The first kappa shape index (κ1) is 15.4. The summed E-state index contributed by atoms with van der Waals surface area (Å²) in [6.45, 7) is 8.94. The molecule has 0 spiro atoms. The molecular weight excluding hydrogens is 268 g/mol. The average Bonchev–Trinajstić information content (AvgIpc) is 2.59. The Kier molecular flexibility index (Phi) is 5.12. The second-order valence-electron chi connectivity index (χ2n) is 5.63. The molecule has 0 aromatic carbocycles. The quantitative estimate of drug-likeness (QED) is 0.777. The molecule has 0 saturated carbocycles. The van der Waals surface area contributed by atoms with E-state index in [2.05, 4.69) is 29.3 Å². The zero-order chi connectivity index (χ0) is 13.8. The first-order chi connectivity index (χ1) is 8.18. The Morgan fingerprint density at radius 1 is 1.39 bits per heavy atom. The van der Waals surface area contributed by atoms with Crippen molar-refractivity contribution in [3.63, 3.8) is 0 Å². The molecule has 0 aliphatic carbocycles. The molecule has 0 aliphatic rings. The fraction of sp³-hybridized carbons (Fsp3) is 0.727. The van der Waals surface area contributed by atoms with Crippen molar-refractivity contribution in [2.24, 2.45) is 0 Å². The number of nitrogens with zero attached hydrogens (tertiary/aromatic N) is 1. The number of oxazole rings is 1. The monoisotopic (exact) mass is 290 g/mol. The summed E-state index contributed by atoms with van der Waals surface area (Å²) >= 11 is 0. The molecule has 0 fully saturated rings. The van der Waals surface area contributed by atoms with Crippen molar-refractivity contribution in [1.29, 1.82) is 0 Å². The van der Waals surface area contributed by atoms with E-state index in [1.165, 1.54) is 6.26 Å². The van der Waals surface area contributed by atoms with Crippen molar-refractivity contribution in [2.75, 3.05) is 12.3 Å². The third kappa shape index (κ3) is 6.32. The predicted octanol–water partition coefficient (Wildman–Crippen LogP) is 1.78. The molecule has 0 amide bonds. The molecule has 1 rings (SSSR count). The van der Waals surface area contributed by atoms with Gasteiger partial charge in [-0.25, -0.2) is 18.1 Å². The highest BCUT2D eigenvalue weighted by molar-refractivity contribution is 7.89. The second kappa shape index (κ2) is 5.99. The molecular formula is C11H22N2O3SSi. The van der Waals surface area contributed by atoms with Crippen LogP contribution in [-0.4, -0.2) is 33.8 Å². The van der Waals surface area contributed by atoms with Crippen LogP contribution in [0.3, 0.4) is 0 Å². The third-order valence-electron chi connectivity index (χ3n) is 2.49. The summed E-state index contributed by atoms with van der Waals surface area (Å²) in [5.74, 6) is 0.624. The Morgan fingerprint density at radius 3 is 2.56 bits per heavy atom. The highest BCUT2D eigenvalue weighted by atomic mass is 32.2. The predicted molar refractivity (Wildman–Crippen MR) is 74.9 cm³/mol. The standard InChI is InChI=1S/C11H22N2O3SSi/c1-10-13-11(9-16-10)5-7-17(14,15)12-6-8-18(2,3)4/h9,12H,5-8H2,1-4H3. The summed E-state index contributed by atoms with van der Waals surface area (Å²) < 4.78 is 31.2. The van der Waals surface area contributed by atoms with Crippen LogP contribution in [0.1, 0.15) is 11.6 Å². The summed E-state index contributed by atoms with van der Waals surface area (Å²) in [5, 5.41) is 0. The minimum atomic E-state index is -3.20. The normalized spacial score (nSPS) is 12.9. The van der Waals surface area contributed by atoms with Gasteiger partial charge in [-0.1, -0.05) is 19.6 Å². The molecule has 1 N–H and O–H groups in total. The Morgan fingerprint density at radius 2 is 2.06 bits per heavy atom. The van der Waals surface area contributed by atoms with Crippen molar-refractivity contribution in [2.45, 2.75) is 39.0 Å². The fourth-order valence-corrected chi connectivity index (χ4v) is 3.51. The van der Waals surface area contributed by atoms with Gasteiger partial charge in [0, 0.05) is 28.0 Å². The first-order valence-corrected chi connectivity index (χ1v) is 11.4. The summed E-state index contributed by atoms with van der Waals surface area (Å²) in [7, 11) is -4.40. The largest absolute Gasteiger partial charge is 0.449 e. The Labute approximate surface area is 110 Å². The molecule has 0 saturated heterocycles. The maximum Gasteiger partial charge on any atom is 0.211 e. The van der Waals surface area contributed by atoms with Crippen molar-refractivity contribution >= 4 is 18.1 Å². The molecule has 0 radical (unpaired) electrons. The third-order valence-corrected chi connectivity index (χ3v) is 5.63. The second-order valence-corrected chi connectivity index (χ2v) is 13.2. The lowest BCUT2D eigenvalue weighted by molar-refractivity contribution is 0.520. The van der Waals surface area contributed by atoms with Crippen molar-refractivity contribution < 1.29 is 12.8 Å². The Balaban J connectivity index is 2.36. The van der Waals surface area contributed by atoms with E-state index in [-0.39, 0.29) is 5.75 Å². The van der Waals surface area contributed by atoms with Crippen LogP contribution in [0.2, 0.25) is 25.7 Å². The number of hydrogen-bond acceptors (Lipinski definition) is 4. The van der Waals surface area contributed by atoms with Crippen LogP contribution in [0.5, 0.6) is 0 Å². The number of aryl methyl sites for hydroxylation is 2. The van der Waals surface area contributed by atoms with E-state index < -0.39 is 18.1 Å². The number of sulfonamides is 1. The summed E-state index contributed by atoms with van der Waals surface area (Å²) in [5.41, 5.74) is 0.683. The van der Waals surface area contributed by atoms with Gasteiger partial charge in [-0.3, -0.25) is 0 Å². The molecule has 104 valence electrons. The van der Waals surface area contributed by atoms with E-state index in [1.807, 2.05) is 0 Å². The van der Waals surface area contributed by atoms with Crippen LogP contribution in [-0.2, 0) is 16.4 Å². The van der Waals surface area contributed by atoms with Gasteiger partial charge in [0.25, 0.3) is 0 Å². The van der Waals surface area contributed by atoms with E-state index in [4.69, 9.17) is 4.42 Å². The molecule has 0 atom stereocenters. The number of nitrogens with one attached hydrogen (secondary N) is 1. The van der Waals surface area contributed by atoms with E-state index in [1.54, 1.807) is 6.92 Å². The molecule has 5 nitrogen and oxygen atoms in total. The maximum absolute atomic E-state index is 11.7. The lowest BCUT2D eigenvalue weighted by Crippen LogP contribution is -2.32. The molecule has 18 heavy (non-hydrogen) atoms. The number of aromatic nitrogens is 1. The van der Waals surface area contributed by atoms with Crippen LogP contribution in [0.25, 0.3) is 0 Å². The minimum Gasteiger partial charge on any atom is -0.449 e. The average molecular weight is 290 g/mol. The molecule has 7 heteroatoms. The van der Waals surface area contributed by atoms with E-state index in [0.29, 0.717) is 24.6 Å². The van der Waals surface area contributed by atoms with E-state index >= 15 is 0 Å². The van der Waals surface area contributed by atoms with Crippen LogP contribution in [0.15, 0.2) is 10.7 Å². The lowest BCUT2D eigenvalue weighted by Gasteiger charge is -2.15. The molecule has 0 unspecified atom stereocenters. The molecule has 1 aromatic rings. The minimum absolute atomic E-state index is 0.0602. The van der Waals surface area contributed by atoms with Crippen molar-refractivity contribution in [3.05, 3.63) is 17.8 Å². The maximum atomic E-state index is 11.7. The van der Waals surface area contributed by atoms with Gasteiger partial charge in [-0.05, 0) is 6.04 Å². The van der Waals surface area contributed by atoms with Crippen LogP contribution >= 0.6 is 0 Å². The van der Waals surface area contributed by atoms with Gasteiger partial charge in [0.2, 0.25) is 10.0 Å². The smallest absolute Gasteiger partial charge is 0.211 e. The molecule has 1 aromatic heterocycles. The van der Waals surface area contributed by atoms with Crippen LogP contribution in [0.4, 0.5) is 0 Å². The molecule has 1 heterocycles. The van der Waals surface area contributed by atoms with Crippen molar-refractivity contribution in [3.8, 4) is 0 Å². The van der Waals surface area contributed by atoms with Gasteiger partial charge in [0.1, 0.15) is 6.26 Å². The van der Waals surface area contributed by atoms with Crippen LogP contribution in [0, 0.1) is 6.92 Å². The topological polar surface area (TPSA) is 72.2 Å². The number of hydrogen-bond donors (Lipinski definition) is 1. The molecule has 0 bridgehead atoms. The summed E-state index contributed by atoms with van der Waals surface area (Å²) in [6.07, 6.45) is 1.90. The zero-order valence-electron chi connectivity index (χ0n) is 11.5. The van der Waals surface area contributed by atoms with Gasteiger partial charge in [-0.2, -0.15) is 0 Å². The first-order valence-electron chi connectivity index (χ1n) is 6.06. The Bertz CT molecular complexity index is 477. The van der Waals surface area contributed by atoms with Crippen molar-refractivity contribution in [1.82, 2.24) is 9.71 Å². The van der Waals surface area contributed by atoms with Gasteiger partial charge in [0.05, 0.1) is 11.4 Å². The number of rotatable bonds is 7. The summed E-state index contributed by atoms with van der Waals surface area (Å²) in [6, 6.07) is 0.954. The highest BCUT2D eigenvalue weighted by Gasteiger charge is 2.16. The van der Waals surface area contributed by atoms with Crippen LogP contribution < -0.4 is 4.72 Å².